The van der Waals surface area contributed by atoms with Gasteiger partial charge in [-0.05, 0) is 49.3 Å². The highest BCUT2D eigenvalue weighted by atomic mass is 79.9. The predicted molar refractivity (Wildman–Crippen MR) is 62.9 cm³/mol. The number of hydrogen-bond acceptors (Lipinski definition) is 0. The van der Waals surface area contributed by atoms with Gasteiger partial charge in [0, 0.05) is 10.0 Å². The summed E-state index contributed by atoms with van der Waals surface area (Å²) in [5, 5.41) is 0. The van der Waals surface area contributed by atoms with Crippen LogP contribution >= 0.6 is 15.9 Å². The first-order chi connectivity index (χ1) is 6.79. The van der Waals surface area contributed by atoms with Crippen LogP contribution in [-0.2, 0) is 0 Å². The molecule has 1 aromatic rings. The summed E-state index contributed by atoms with van der Waals surface area (Å²) in [5.74, 6) is 5.00. The molecule has 3 rings (SSSR count). The molecule has 2 aliphatic carbocycles. The van der Waals surface area contributed by atoms with E-state index in [1.54, 1.807) is 19.3 Å². The lowest BCUT2D eigenvalue weighted by molar-refractivity contribution is 0.468. The fourth-order valence-electron chi connectivity index (χ4n) is 1.76. The van der Waals surface area contributed by atoms with E-state index < -0.39 is 0 Å². The minimum atomic E-state index is 0.907. The molecular formula is C13H13Br. The van der Waals surface area contributed by atoms with E-state index in [1.807, 2.05) is 24.3 Å². The molecule has 2 unspecified atom stereocenters. The highest BCUT2D eigenvalue weighted by molar-refractivity contribution is 9.10. The Kier molecular flexibility index (Phi) is 2.93. The van der Waals surface area contributed by atoms with Crippen LogP contribution in [0, 0.1) is 24.2 Å². The normalized spacial score (nSPS) is 26.0. The summed E-state index contributed by atoms with van der Waals surface area (Å²) in [6, 6.07) is 7.66. The molecule has 1 aromatic carbocycles. The van der Waals surface area contributed by atoms with Crippen molar-refractivity contribution in [3.05, 3.63) is 34.3 Å². The van der Waals surface area contributed by atoms with Crippen molar-refractivity contribution in [2.45, 2.75) is 19.3 Å². The van der Waals surface area contributed by atoms with Crippen molar-refractivity contribution in [2.75, 3.05) is 0 Å². The SMILES string of the molecule is C#Cc1cccc(Br)c1.C1CC2CC12. The van der Waals surface area contributed by atoms with Gasteiger partial charge in [0.1, 0.15) is 0 Å². The van der Waals surface area contributed by atoms with Gasteiger partial charge in [-0.15, -0.1) is 6.42 Å². The number of rotatable bonds is 0. The average molecular weight is 249 g/mol. The molecule has 0 N–H and O–H groups in total. The third kappa shape index (κ3) is 2.39. The molecule has 0 aliphatic heterocycles. The van der Waals surface area contributed by atoms with Crippen LogP contribution in [0.1, 0.15) is 24.8 Å². The minimum Gasteiger partial charge on any atom is -0.115 e. The van der Waals surface area contributed by atoms with Gasteiger partial charge < -0.3 is 0 Å². The van der Waals surface area contributed by atoms with Crippen molar-refractivity contribution in [1.82, 2.24) is 0 Å². The fourth-order valence-corrected chi connectivity index (χ4v) is 2.16. The van der Waals surface area contributed by atoms with Gasteiger partial charge in [0.05, 0.1) is 0 Å². The number of fused-ring (bicyclic) bond motifs is 1. The maximum atomic E-state index is 5.15. The lowest BCUT2D eigenvalue weighted by Crippen LogP contribution is -1.93. The minimum absolute atomic E-state index is 0.907. The van der Waals surface area contributed by atoms with E-state index in [-0.39, 0.29) is 0 Å². The number of hydrogen-bond donors (Lipinski definition) is 0. The first kappa shape index (κ1) is 9.80. The van der Waals surface area contributed by atoms with Gasteiger partial charge in [-0.1, -0.05) is 27.9 Å². The number of terminal acetylenes is 1. The smallest absolute Gasteiger partial charge is 0.0253 e. The topological polar surface area (TPSA) is 0 Å². The predicted octanol–water partition coefficient (Wildman–Crippen LogP) is 3.85. The van der Waals surface area contributed by atoms with Crippen LogP contribution in [0.25, 0.3) is 0 Å². The summed E-state index contributed by atoms with van der Waals surface area (Å²) in [7, 11) is 0. The number of halogens is 1. The van der Waals surface area contributed by atoms with Crippen molar-refractivity contribution >= 4 is 15.9 Å². The summed E-state index contributed by atoms with van der Waals surface area (Å²) in [6.45, 7) is 0. The van der Waals surface area contributed by atoms with Gasteiger partial charge in [-0.3, -0.25) is 0 Å². The Bertz CT molecular complexity index is 350. The van der Waals surface area contributed by atoms with Crippen LogP contribution in [-0.4, -0.2) is 0 Å². The monoisotopic (exact) mass is 248 g/mol. The first-order valence-electron chi connectivity index (χ1n) is 5.02. The van der Waals surface area contributed by atoms with Crippen molar-refractivity contribution in [3.8, 4) is 12.3 Å². The summed E-state index contributed by atoms with van der Waals surface area (Å²) in [4.78, 5) is 0. The van der Waals surface area contributed by atoms with Crippen molar-refractivity contribution < 1.29 is 0 Å². The molecule has 0 saturated heterocycles. The second-order valence-corrected chi connectivity index (χ2v) is 4.90. The van der Waals surface area contributed by atoms with Gasteiger partial charge in [0.15, 0.2) is 0 Å². The third-order valence-corrected chi connectivity index (χ3v) is 3.46. The van der Waals surface area contributed by atoms with Gasteiger partial charge in [-0.25, -0.2) is 0 Å². The summed E-state index contributed by atoms with van der Waals surface area (Å²) < 4.78 is 1.03. The quantitative estimate of drug-likeness (QED) is 0.613. The molecule has 0 aromatic heterocycles. The molecule has 0 amide bonds. The molecule has 0 radical (unpaired) electrons. The van der Waals surface area contributed by atoms with Crippen molar-refractivity contribution in [1.29, 1.82) is 0 Å². The molecule has 0 nitrogen and oxygen atoms in total. The fraction of sp³-hybridized carbons (Fsp3) is 0.385. The zero-order valence-corrected chi connectivity index (χ0v) is 9.63. The summed E-state index contributed by atoms with van der Waals surface area (Å²) in [6.07, 6.45) is 9.85. The Morgan fingerprint density at radius 1 is 1.29 bits per heavy atom. The molecule has 2 atom stereocenters. The van der Waals surface area contributed by atoms with Crippen LogP contribution in [0.5, 0.6) is 0 Å². The van der Waals surface area contributed by atoms with E-state index in [4.69, 9.17) is 6.42 Å². The molecule has 72 valence electrons. The number of benzene rings is 1. The Balaban J connectivity index is 0.000000123. The molecular weight excluding hydrogens is 236 g/mol. The molecule has 14 heavy (non-hydrogen) atoms. The van der Waals surface area contributed by atoms with Crippen LogP contribution in [0.2, 0.25) is 0 Å². The van der Waals surface area contributed by atoms with E-state index in [9.17, 15) is 0 Å². The molecule has 2 saturated carbocycles. The van der Waals surface area contributed by atoms with Gasteiger partial charge in [-0.2, -0.15) is 0 Å². The Morgan fingerprint density at radius 3 is 2.29 bits per heavy atom. The second kappa shape index (κ2) is 4.19. The van der Waals surface area contributed by atoms with E-state index >= 15 is 0 Å². The van der Waals surface area contributed by atoms with Crippen molar-refractivity contribution in [2.24, 2.45) is 11.8 Å². The van der Waals surface area contributed by atoms with Gasteiger partial charge >= 0.3 is 0 Å². The van der Waals surface area contributed by atoms with Gasteiger partial charge in [0.2, 0.25) is 0 Å². The lowest BCUT2D eigenvalue weighted by Gasteiger charge is -2.04. The standard InChI is InChI=1S/C8H5Br.C5H8/c1-2-7-4-3-5-8(9)6-7;1-2-5-3-4(1)5/h1,3-6H;4-5H,1-3H2. The highest BCUT2D eigenvalue weighted by Crippen LogP contribution is 2.55. The van der Waals surface area contributed by atoms with Gasteiger partial charge in [0.25, 0.3) is 0 Å². The van der Waals surface area contributed by atoms with Crippen LogP contribution < -0.4 is 0 Å². The lowest BCUT2D eigenvalue weighted by atomic mass is 10.0. The maximum absolute atomic E-state index is 5.15. The Hall–Kier alpha value is -0.740. The largest absolute Gasteiger partial charge is 0.115 e. The van der Waals surface area contributed by atoms with E-state index in [2.05, 4.69) is 21.9 Å². The second-order valence-electron chi connectivity index (χ2n) is 3.99. The maximum Gasteiger partial charge on any atom is 0.0253 e. The molecule has 0 heterocycles. The van der Waals surface area contributed by atoms with Crippen LogP contribution in [0.4, 0.5) is 0 Å². The molecule has 2 fully saturated rings. The van der Waals surface area contributed by atoms with Crippen molar-refractivity contribution in [3.63, 3.8) is 0 Å². The molecule has 1 heteroatoms. The molecule has 0 bridgehead atoms. The summed E-state index contributed by atoms with van der Waals surface area (Å²) >= 11 is 3.31. The Morgan fingerprint density at radius 2 is 2.00 bits per heavy atom. The average Bonchev–Trinajstić information content (AvgIpc) is 2.74. The summed E-state index contributed by atoms with van der Waals surface area (Å²) in [5.41, 5.74) is 0.907. The van der Waals surface area contributed by atoms with E-state index in [1.165, 1.54) is 11.8 Å². The highest BCUT2D eigenvalue weighted by Gasteiger charge is 2.44. The molecule has 0 spiro atoms. The zero-order chi connectivity index (χ0) is 9.97. The first-order valence-corrected chi connectivity index (χ1v) is 5.81. The zero-order valence-electron chi connectivity index (χ0n) is 8.04. The molecule has 2 aliphatic rings. The third-order valence-electron chi connectivity index (χ3n) is 2.97. The Labute approximate surface area is 93.8 Å². The van der Waals surface area contributed by atoms with E-state index in [0.717, 1.165) is 10.0 Å². The van der Waals surface area contributed by atoms with Crippen LogP contribution in [0.15, 0.2) is 28.7 Å². The van der Waals surface area contributed by atoms with E-state index in [0.29, 0.717) is 0 Å². The van der Waals surface area contributed by atoms with Crippen LogP contribution in [0.3, 0.4) is 0 Å².